The van der Waals surface area contributed by atoms with Gasteiger partial charge < -0.3 is 9.64 Å². The minimum absolute atomic E-state index is 0.251. The maximum Gasteiger partial charge on any atom is 0.273 e. The minimum atomic E-state index is -1.30. The molecule has 0 radical (unpaired) electrons. The number of aromatic nitrogens is 2. The van der Waals surface area contributed by atoms with E-state index < -0.39 is 23.4 Å². The monoisotopic (exact) mass is 467 g/mol. The number of rotatable bonds is 4. The fourth-order valence-corrected chi connectivity index (χ4v) is 4.10. The van der Waals surface area contributed by atoms with Crippen LogP contribution >= 0.6 is 0 Å². The Hall–Kier alpha value is -4.21. The standard InChI is InChI=1S/C24H20F3N5O2/c1-30(2)22-15-7-8-31(19-12-14(25)11-17(26)21(19)27)23(15)28-13-16(22)24(33)29-32-9-10-34-20-6-4-3-5-18(20)32/h3-8,11-13H,9-10H2,1-2H3,(H,29,33). The molecular formula is C24H20F3N5O2. The summed E-state index contributed by atoms with van der Waals surface area (Å²) in [6, 6.07) is 10.4. The molecule has 0 fully saturated rings. The smallest absolute Gasteiger partial charge is 0.273 e. The van der Waals surface area contributed by atoms with Crippen molar-refractivity contribution in [3.63, 3.8) is 0 Å². The Kier molecular flexibility index (Phi) is 5.27. The van der Waals surface area contributed by atoms with Crippen molar-refractivity contribution in [3.8, 4) is 11.4 Å². The van der Waals surface area contributed by atoms with Gasteiger partial charge in [-0.25, -0.2) is 18.2 Å². The quantitative estimate of drug-likeness (QED) is 0.459. The van der Waals surface area contributed by atoms with E-state index in [1.807, 2.05) is 24.3 Å². The molecule has 1 amide bonds. The SMILES string of the molecule is CN(C)c1c(C(=O)NN2CCOc3ccccc32)cnc2c1ccn2-c1cc(F)cc(F)c1F. The third kappa shape index (κ3) is 3.57. The third-order valence-electron chi connectivity index (χ3n) is 5.58. The Balaban J connectivity index is 1.56. The van der Waals surface area contributed by atoms with Crippen LogP contribution in [0.2, 0.25) is 0 Å². The highest BCUT2D eigenvalue weighted by Crippen LogP contribution is 2.33. The molecule has 34 heavy (non-hydrogen) atoms. The van der Waals surface area contributed by atoms with Gasteiger partial charge in [0.25, 0.3) is 5.91 Å². The molecule has 3 heterocycles. The summed E-state index contributed by atoms with van der Waals surface area (Å²) in [5, 5.41) is 2.23. The van der Waals surface area contributed by atoms with Crippen molar-refractivity contribution in [2.24, 2.45) is 0 Å². The number of pyridine rings is 1. The van der Waals surface area contributed by atoms with Crippen molar-refractivity contribution in [3.05, 3.63) is 77.9 Å². The summed E-state index contributed by atoms with van der Waals surface area (Å²) in [5.41, 5.74) is 4.38. The van der Waals surface area contributed by atoms with Gasteiger partial charge in [0, 0.05) is 44.0 Å². The molecule has 1 aliphatic rings. The lowest BCUT2D eigenvalue weighted by Crippen LogP contribution is -2.47. The number of benzene rings is 2. The van der Waals surface area contributed by atoms with Gasteiger partial charge in [-0.15, -0.1) is 0 Å². The van der Waals surface area contributed by atoms with Crippen LogP contribution in [0, 0.1) is 17.5 Å². The van der Waals surface area contributed by atoms with Gasteiger partial charge in [-0.1, -0.05) is 12.1 Å². The second-order valence-electron chi connectivity index (χ2n) is 7.97. The molecule has 1 N–H and O–H groups in total. The van der Waals surface area contributed by atoms with Gasteiger partial charge >= 0.3 is 0 Å². The minimum Gasteiger partial charge on any atom is -0.489 e. The number of carbonyl (C=O) groups is 1. The zero-order valence-electron chi connectivity index (χ0n) is 18.3. The number of halogens is 3. The molecule has 0 bridgehead atoms. The summed E-state index contributed by atoms with van der Waals surface area (Å²) >= 11 is 0. The van der Waals surface area contributed by atoms with Crippen LogP contribution in [0.15, 0.2) is 54.9 Å². The van der Waals surface area contributed by atoms with Crippen LogP contribution in [-0.4, -0.2) is 42.7 Å². The first-order valence-corrected chi connectivity index (χ1v) is 10.5. The van der Waals surface area contributed by atoms with Crippen molar-refractivity contribution in [1.29, 1.82) is 0 Å². The van der Waals surface area contributed by atoms with Crippen molar-refractivity contribution in [2.45, 2.75) is 0 Å². The number of nitrogens with one attached hydrogen (secondary N) is 1. The Bertz CT molecular complexity index is 1420. The number of hydrazine groups is 1. The number of hydrogen-bond acceptors (Lipinski definition) is 5. The average Bonchev–Trinajstić information content (AvgIpc) is 3.24. The molecule has 7 nitrogen and oxygen atoms in total. The average molecular weight is 467 g/mol. The first kappa shape index (κ1) is 21.6. The molecule has 0 atom stereocenters. The predicted molar refractivity (Wildman–Crippen MR) is 122 cm³/mol. The van der Waals surface area contributed by atoms with E-state index in [1.165, 1.54) is 17.0 Å². The number of anilines is 2. The van der Waals surface area contributed by atoms with Gasteiger partial charge in [0.2, 0.25) is 0 Å². The summed E-state index contributed by atoms with van der Waals surface area (Å²) in [4.78, 5) is 19.4. The number of hydrogen-bond donors (Lipinski definition) is 1. The topological polar surface area (TPSA) is 62.6 Å². The van der Waals surface area contributed by atoms with Gasteiger partial charge in [-0.2, -0.15) is 0 Å². The summed E-state index contributed by atoms with van der Waals surface area (Å²) in [6.07, 6.45) is 2.82. The van der Waals surface area contributed by atoms with Crippen LogP contribution in [0.3, 0.4) is 0 Å². The van der Waals surface area contributed by atoms with Crippen molar-refractivity contribution >= 4 is 28.3 Å². The second-order valence-corrected chi connectivity index (χ2v) is 7.97. The fourth-order valence-electron chi connectivity index (χ4n) is 4.10. The molecule has 0 saturated carbocycles. The molecule has 2 aromatic heterocycles. The summed E-state index contributed by atoms with van der Waals surface area (Å²) in [7, 11) is 3.52. The van der Waals surface area contributed by atoms with E-state index in [2.05, 4.69) is 10.4 Å². The van der Waals surface area contributed by atoms with Crippen LogP contribution < -0.4 is 20.1 Å². The summed E-state index contributed by atoms with van der Waals surface area (Å²) in [6.45, 7) is 0.865. The number of fused-ring (bicyclic) bond motifs is 2. The van der Waals surface area contributed by atoms with Gasteiger partial charge in [-0.3, -0.25) is 19.8 Å². The van der Waals surface area contributed by atoms with E-state index in [4.69, 9.17) is 4.74 Å². The van der Waals surface area contributed by atoms with Gasteiger partial charge in [-0.05, 0) is 18.2 Å². The number of amides is 1. The highest BCUT2D eigenvalue weighted by Gasteiger charge is 2.24. The molecule has 4 aromatic rings. The Morgan fingerprint density at radius 1 is 1.12 bits per heavy atom. The molecule has 0 saturated heterocycles. The molecule has 0 spiro atoms. The zero-order chi connectivity index (χ0) is 24.0. The van der Waals surface area contributed by atoms with E-state index in [-0.39, 0.29) is 16.9 Å². The van der Waals surface area contributed by atoms with Gasteiger partial charge in [0.15, 0.2) is 11.6 Å². The molecule has 10 heteroatoms. The highest BCUT2D eigenvalue weighted by molar-refractivity contribution is 6.07. The lowest BCUT2D eigenvalue weighted by atomic mass is 10.1. The van der Waals surface area contributed by atoms with Gasteiger partial charge in [0.05, 0.1) is 29.2 Å². The fraction of sp³-hybridized carbons (Fsp3) is 0.167. The molecule has 5 rings (SSSR count). The Labute approximate surface area is 192 Å². The first-order valence-electron chi connectivity index (χ1n) is 10.5. The molecule has 174 valence electrons. The van der Waals surface area contributed by atoms with E-state index in [9.17, 15) is 18.0 Å². The number of nitrogens with zero attached hydrogens (tertiary/aromatic N) is 4. The lowest BCUT2D eigenvalue weighted by Gasteiger charge is -2.31. The van der Waals surface area contributed by atoms with Crippen molar-refractivity contribution in [2.75, 3.05) is 37.2 Å². The van der Waals surface area contributed by atoms with Crippen LogP contribution in [0.25, 0.3) is 16.7 Å². The normalized spacial score (nSPS) is 12.9. The highest BCUT2D eigenvalue weighted by atomic mass is 19.2. The van der Waals surface area contributed by atoms with E-state index in [0.717, 1.165) is 11.8 Å². The number of para-hydroxylation sites is 2. The van der Waals surface area contributed by atoms with E-state index in [0.29, 0.717) is 36.0 Å². The van der Waals surface area contributed by atoms with Crippen LogP contribution in [0.1, 0.15) is 10.4 Å². The third-order valence-corrected chi connectivity index (χ3v) is 5.58. The maximum absolute atomic E-state index is 14.4. The Morgan fingerprint density at radius 2 is 1.91 bits per heavy atom. The number of ether oxygens (including phenoxy) is 1. The van der Waals surface area contributed by atoms with Crippen LogP contribution in [-0.2, 0) is 0 Å². The largest absolute Gasteiger partial charge is 0.489 e. The maximum atomic E-state index is 14.4. The number of carbonyl (C=O) groups excluding carboxylic acids is 1. The Morgan fingerprint density at radius 3 is 2.71 bits per heavy atom. The summed E-state index contributed by atoms with van der Waals surface area (Å²) in [5.74, 6) is -3.14. The second kappa shape index (κ2) is 8.29. The predicted octanol–water partition coefficient (Wildman–Crippen LogP) is 4.05. The van der Waals surface area contributed by atoms with E-state index in [1.54, 1.807) is 30.1 Å². The molecular weight excluding hydrogens is 447 g/mol. The lowest BCUT2D eigenvalue weighted by molar-refractivity contribution is 0.0945. The van der Waals surface area contributed by atoms with Crippen LogP contribution in [0.4, 0.5) is 24.5 Å². The van der Waals surface area contributed by atoms with E-state index >= 15 is 0 Å². The molecule has 1 aliphatic heterocycles. The molecule has 0 unspecified atom stereocenters. The van der Waals surface area contributed by atoms with Crippen LogP contribution in [0.5, 0.6) is 5.75 Å². The van der Waals surface area contributed by atoms with Crippen molar-refractivity contribution in [1.82, 2.24) is 15.0 Å². The zero-order valence-corrected chi connectivity index (χ0v) is 18.3. The molecule has 2 aromatic carbocycles. The first-order chi connectivity index (χ1) is 16.3. The van der Waals surface area contributed by atoms with Gasteiger partial charge in [0.1, 0.15) is 23.8 Å². The van der Waals surface area contributed by atoms with Crippen molar-refractivity contribution < 1.29 is 22.7 Å². The summed E-state index contributed by atoms with van der Waals surface area (Å²) < 4.78 is 48.9. The molecule has 0 aliphatic carbocycles.